The molecular formula is C15H15Cl2NO4. The summed E-state index contributed by atoms with van der Waals surface area (Å²) in [6.45, 7) is 4.98. The molecule has 0 aliphatic carbocycles. The van der Waals surface area contributed by atoms with E-state index in [1.807, 2.05) is 0 Å². The summed E-state index contributed by atoms with van der Waals surface area (Å²) in [5.41, 5.74) is -2.67. The maximum absolute atomic E-state index is 12.3. The molecule has 1 atom stereocenters. The molecule has 7 heteroatoms. The van der Waals surface area contributed by atoms with Gasteiger partial charge < -0.3 is 9.84 Å². The molecule has 22 heavy (non-hydrogen) atoms. The summed E-state index contributed by atoms with van der Waals surface area (Å²) in [6.07, 6.45) is 1.32. The normalized spacial score (nSPS) is 21.4. The first-order valence-electron chi connectivity index (χ1n) is 6.49. The fourth-order valence-electron chi connectivity index (χ4n) is 2.04. The smallest absolute Gasteiger partial charge is 0.420 e. The molecule has 0 saturated heterocycles. The molecule has 1 aromatic rings. The number of carbonyl (C=O) groups is 2. The Labute approximate surface area is 138 Å². The van der Waals surface area contributed by atoms with Gasteiger partial charge in [-0.25, -0.2) is 9.69 Å². The van der Waals surface area contributed by atoms with E-state index in [2.05, 4.69) is 0 Å². The Balaban J connectivity index is 2.45. The van der Waals surface area contributed by atoms with Crippen LogP contribution in [0.5, 0.6) is 0 Å². The van der Waals surface area contributed by atoms with Gasteiger partial charge in [0.05, 0.1) is 5.02 Å². The molecule has 2 rings (SSSR count). The van der Waals surface area contributed by atoms with Crippen molar-refractivity contribution in [2.75, 3.05) is 0 Å². The Hall–Kier alpha value is -1.56. The predicted molar refractivity (Wildman–Crippen MR) is 82.6 cm³/mol. The summed E-state index contributed by atoms with van der Waals surface area (Å²) in [5.74, 6) is -0.692. The van der Waals surface area contributed by atoms with Gasteiger partial charge in [0.2, 0.25) is 0 Å². The molecule has 5 nitrogen and oxygen atoms in total. The number of ether oxygens (including phenoxy) is 1. The minimum absolute atomic E-state index is 0.128. The second-order valence-corrected chi connectivity index (χ2v) is 6.68. The van der Waals surface area contributed by atoms with E-state index in [-0.39, 0.29) is 10.6 Å². The molecule has 1 aliphatic rings. The van der Waals surface area contributed by atoms with Crippen molar-refractivity contribution in [1.29, 1.82) is 0 Å². The van der Waals surface area contributed by atoms with E-state index >= 15 is 0 Å². The number of nitrogens with zero attached hydrogens (tertiary/aromatic N) is 1. The Morgan fingerprint density at radius 2 is 1.95 bits per heavy atom. The fraction of sp³-hybridized carbons (Fsp3) is 0.333. The molecular weight excluding hydrogens is 329 g/mol. The number of imide groups is 1. The maximum atomic E-state index is 12.3. The third kappa shape index (κ3) is 3.11. The van der Waals surface area contributed by atoms with Crippen LogP contribution >= 0.6 is 23.2 Å². The van der Waals surface area contributed by atoms with Gasteiger partial charge in [-0.15, -0.1) is 0 Å². The standard InChI is InChI=1S/C15H15Cl2NO4/c1-14(2,3)22-13(20)18-12(19)6-7-15(18,21)10-5-4-9(16)8-11(10)17/h4-8,21H,1-3H3. The van der Waals surface area contributed by atoms with E-state index < -0.39 is 23.3 Å². The van der Waals surface area contributed by atoms with E-state index in [1.54, 1.807) is 20.8 Å². The number of rotatable bonds is 1. The van der Waals surface area contributed by atoms with Crippen LogP contribution in [-0.4, -0.2) is 27.6 Å². The first-order valence-corrected chi connectivity index (χ1v) is 7.24. The molecule has 0 bridgehead atoms. The summed E-state index contributed by atoms with van der Waals surface area (Å²) in [7, 11) is 0. The van der Waals surface area contributed by atoms with Crippen molar-refractivity contribution >= 4 is 35.2 Å². The highest BCUT2D eigenvalue weighted by Crippen LogP contribution is 2.38. The number of amides is 2. The highest BCUT2D eigenvalue weighted by Gasteiger charge is 2.48. The molecule has 1 N–H and O–H groups in total. The third-order valence-corrected chi connectivity index (χ3v) is 3.47. The minimum atomic E-state index is -2.01. The van der Waals surface area contributed by atoms with Gasteiger partial charge in [-0.1, -0.05) is 29.3 Å². The Morgan fingerprint density at radius 1 is 1.32 bits per heavy atom. The average Bonchev–Trinajstić information content (AvgIpc) is 2.63. The topological polar surface area (TPSA) is 66.8 Å². The van der Waals surface area contributed by atoms with Crippen LogP contribution in [0.4, 0.5) is 4.79 Å². The Bertz CT molecular complexity index is 666. The van der Waals surface area contributed by atoms with Gasteiger partial charge in [0.25, 0.3) is 5.91 Å². The first kappa shape index (κ1) is 16.8. The lowest BCUT2D eigenvalue weighted by Crippen LogP contribution is -2.49. The quantitative estimate of drug-likeness (QED) is 0.847. The second kappa shape index (κ2) is 5.57. The van der Waals surface area contributed by atoms with Crippen LogP contribution < -0.4 is 0 Å². The zero-order chi connectivity index (χ0) is 16.7. The van der Waals surface area contributed by atoms with Crippen molar-refractivity contribution in [3.63, 3.8) is 0 Å². The van der Waals surface area contributed by atoms with Crippen molar-refractivity contribution in [2.24, 2.45) is 0 Å². The first-order chi connectivity index (χ1) is 10.0. The highest BCUT2D eigenvalue weighted by atomic mass is 35.5. The molecule has 1 heterocycles. The van der Waals surface area contributed by atoms with Crippen molar-refractivity contribution in [3.05, 3.63) is 46.0 Å². The highest BCUT2D eigenvalue weighted by molar-refractivity contribution is 6.35. The zero-order valence-electron chi connectivity index (χ0n) is 12.3. The van der Waals surface area contributed by atoms with Crippen molar-refractivity contribution in [3.8, 4) is 0 Å². The van der Waals surface area contributed by atoms with Crippen LogP contribution in [0.2, 0.25) is 10.0 Å². The van der Waals surface area contributed by atoms with Crippen LogP contribution in [0.3, 0.4) is 0 Å². The molecule has 0 radical (unpaired) electrons. The average molecular weight is 344 g/mol. The lowest BCUT2D eigenvalue weighted by atomic mass is 10.0. The van der Waals surface area contributed by atoms with Gasteiger partial charge >= 0.3 is 6.09 Å². The molecule has 0 fully saturated rings. The molecule has 1 aliphatic heterocycles. The SMILES string of the molecule is CC(C)(C)OC(=O)N1C(=O)C=CC1(O)c1ccc(Cl)cc1Cl. The maximum Gasteiger partial charge on any atom is 0.420 e. The molecule has 1 aromatic carbocycles. The second-order valence-electron chi connectivity index (χ2n) is 5.84. The number of benzene rings is 1. The van der Waals surface area contributed by atoms with E-state index in [9.17, 15) is 14.7 Å². The van der Waals surface area contributed by atoms with Gasteiger partial charge in [0.1, 0.15) is 5.60 Å². The summed E-state index contributed by atoms with van der Waals surface area (Å²) < 4.78 is 5.17. The molecule has 0 spiro atoms. The summed E-state index contributed by atoms with van der Waals surface area (Å²) in [4.78, 5) is 24.8. The van der Waals surface area contributed by atoms with E-state index in [0.29, 0.717) is 9.92 Å². The third-order valence-electron chi connectivity index (χ3n) is 2.92. The van der Waals surface area contributed by atoms with E-state index in [4.69, 9.17) is 27.9 Å². The Morgan fingerprint density at radius 3 is 2.50 bits per heavy atom. The summed E-state index contributed by atoms with van der Waals surface area (Å²) in [6, 6.07) is 4.37. The van der Waals surface area contributed by atoms with E-state index in [1.165, 1.54) is 24.3 Å². The molecule has 0 aromatic heterocycles. The molecule has 1 unspecified atom stereocenters. The van der Waals surface area contributed by atoms with E-state index in [0.717, 1.165) is 6.08 Å². The van der Waals surface area contributed by atoms with Crippen LogP contribution in [0.25, 0.3) is 0 Å². The summed E-state index contributed by atoms with van der Waals surface area (Å²) >= 11 is 11.9. The zero-order valence-corrected chi connectivity index (χ0v) is 13.8. The van der Waals surface area contributed by atoms with Crippen LogP contribution in [0.1, 0.15) is 26.3 Å². The van der Waals surface area contributed by atoms with Gasteiger partial charge in [-0.05, 0) is 39.0 Å². The van der Waals surface area contributed by atoms with Crippen molar-refractivity contribution < 1.29 is 19.4 Å². The monoisotopic (exact) mass is 343 g/mol. The molecule has 118 valence electrons. The lowest BCUT2D eigenvalue weighted by Gasteiger charge is -2.33. The number of hydrogen-bond donors (Lipinski definition) is 1. The molecule has 2 amide bonds. The molecule has 0 saturated carbocycles. The van der Waals surface area contributed by atoms with Crippen molar-refractivity contribution in [1.82, 2.24) is 4.90 Å². The van der Waals surface area contributed by atoms with Crippen LogP contribution in [-0.2, 0) is 15.3 Å². The van der Waals surface area contributed by atoms with Gasteiger partial charge in [0.15, 0.2) is 5.72 Å². The lowest BCUT2D eigenvalue weighted by molar-refractivity contribution is -0.140. The summed E-state index contributed by atoms with van der Waals surface area (Å²) in [5, 5.41) is 11.3. The number of aliphatic hydroxyl groups is 1. The predicted octanol–water partition coefficient (Wildman–Crippen LogP) is 3.47. The van der Waals surface area contributed by atoms with Crippen LogP contribution in [0.15, 0.2) is 30.4 Å². The number of halogens is 2. The Kier molecular flexibility index (Phi) is 4.26. The number of hydrogen-bond acceptors (Lipinski definition) is 4. The number of carbonyl (C=O) groups excluding carboxylic acids is 2. The minimum Gasteiger partial charge on any atom is -0.443 e. The van der Waals surface area contributed by atoms with Crippen LogP contribution in [0, 0.1) is 0 Å². The van der Waals surface area contributed by atoms with Gasteiger partial charge in [-0.3, -0.25) is 4.79 Å². The van der Waals surface area contributed by atoms with Gasteiger partial charge in [-0.2, -0.15) is 0 Å². The fourth-order valence-corrected chi connectivity index (χ4v) is 2.59. The van der Waals surface area contributed by atoms with Crippen molar-refractivity contribution in [2.45, 2.75) is 32.1 Å². The largest absolute Gasteiger partial charge is 0.443 e. The van der Waals surface area contributed by atoms with Gasteiger partial charge in [0, 0.05) is 16.7 Å².